The number of benzene rings is 1. The summed E-state index contributed by atoms with van der Waals surface area (Å²) < 4.78 is 3.92. The fraction of sp³-hybridized carbons (Fsp3) is 0.0909. The molecule has 1 N–H and O–H groups in total. The van der Waals surface area contributed by atoms with Crippen molar-refractivity contribution in [1.29, 1.82) is 0 Å². The van der Waals surface area contributed by atoms with E-state index in [-0.39, 0.29) is 5.75 Å². The number of aliphatic carboxylic acids is 1. The molecule has 0 amide bonds. The van der Waals surface area contributed by atoms with E-state index in [0.29, 0.717) is 5.16 Å². The van der Waals surface area contributed by atoms with Crippen LogP contribution in [-0.4, -0.2) is 26.4 Å². The lowest BCUT2D eigenvalue weighted by Gasteiger charge is -2.09. The molecule has 2 aromatic rings. The van der Waals surface area contributed by atoms with Crippen molar-refractivity contribution in [3.8, 4) is 5.69 Å². The van der Waals surface area contributed by atoms with Gasteiger partial charge in [0.05, 0.1) is 11.4 Å². The second kappa shape index (κ2) is 6.07. The van der Waals surface area contributed by atoms with Gasteiger partial charge in [-0.1, -0.05) is 11.8 Å². The molecule has 1 heterocycles. The second-order valence-corrected chi connectivity index (χ2v) is 6.40. The van der Waals surface area contributed by atoms with E-state index in [9.17, 15) is 4.79 Å². The van der Waals surface area contributed by atoms with Crippen LogP contribution in [0.4, 0.5) is 0 Å². The van der Waals surface area contributed by atoms with E-state index >= 15 is 0 Å². The Labute approximate surface area is 130 Å². The van der Waals surface area contributed by atoms with E-state index < -0.39 is 5.97 Å². The molecule has 0 unspecified atom stereocenters. The van der Waals surface area contributed by atoms with Crippen molar-refractivity contribution in [2.24, 2.45) is 0 Å². The molecule has 7 heteroatoms. The molecule has 0 saturated heterocycles. The van der Waals surface area contributed by atoms with Gasteiger partial charge in [-0.05, 0) is 56.7 Å². The lowest BCUT2D eigenvalue weighted by atomic mass is 10.3. The van der Waals surface area contributed by atoms with E-state index in [1.165, 1.54) is 11.8 Å². The predicted octanol–water partition coefficient (Wildman–Crippen LogP) is 3.42. The number of hydrogen-bond acceptors (Lipinski definition) is 3. The van der Waals surface area contributed by atoms with Gasteiger partial charge in [-0.2, -0.15) is 0 Å². The largest absolute Gasteiger partial charge is 0.481 e. The average molecular weight is 439 g/mol. The van der Waals surface area contributed by atoms with Crippen LogP contribution < -0.4 is 0 Å². The summed E-state index contributed by atoms with van der Waals surface area (Å²) in [7, 11) is 0. The molecule has 1 aromatic carbocycles. The van der Waals surface area contributed by atoms with Gasteiger partial charge in [-0.3, -0.25) is 9.36 Å². The summed E-state index contributed by atoms with van der Waals surface area (Å²) in [5.74, 6) is -0.852. The van der Waals surface area contributed by atoms with Gasteiger partial charge in [0.1, 0.15) is 0 Å². The Balaban J connectivity index is 2.36. The summed E-state index contributed by atoms with van der Waals surface area (Å²) in [6, 6.07) is 5.97. The minimum Gasteiger partial charge on any atom is -0.481 e. The predicted molar refractivity (Wildman–Crippen MR) is 82.3 cm³/mol. The van der Waals surface area contributed by atoms with Crippen LogP contribution in [0, 0.1) is 3.57 Å². The van der Waals surface area contributed by atoms with E-state index in [4.69, 9.17) is 5.11 Å². The number of halogens is 2. The van der Waals surface area contributed by atoms with Crippen molar-refractivity contribution < 1.29 is 9.90 Å². The highest BCUT2D eigenvalue weighted by Crippen LogP contribution is 2.27. The first-order valence-corrected chi connectivity index (χ1v) is 7.77. The van der Waals surface area contributed by atoms with E-state index in [2.05, 4.69) is 43.5 Å². The summed E-state index contributed by atoms with van der Waals surface area (Å²) >= 11 is 6.92. The molecule has 4 nitrogen and oxygen atoms in total. The SMILES string of the molecule is O=C(O)CSc1nccn1-c1cc(I)ccc1Br. The molecule has 0 saturated carbocycles. The summed E-state index contributed by atoms with van der Waals surface area (Å²) in [6.07, 6.45) is 3.48. The highest BCUT2D eigenvalue weighted by molar-refractivity contribution is 14.1. The van der Waals surface area contributed by atoms with Gasteiger partial charge >= 0.3 is 5.97 Å². The first-order valence-electron chi connectivity index (χ1n) is 4.91. The van der Waals surface area contributed by atoms with Gasteiger partial charge in [0.2, 0.25) is 0 Å². The fourth-order valence-corrected chi connectivity index (χ4v) is 2.98. The maximum atomic E-state index is 10.6. The first-order chi connectivity index (χ1) is 8.58. The molecule has 18 heavy (non-hydrogen) atoms. The van der Waals surface area contributed by atoms with Gasteiger partial charge in [0.15, 0.2) is 5.16 Å². The Morgan fingerprint density at radius 2 is 2.33 bits per heavy atom. The third kappa shape index (κ3) is 3.27. The van der Waals surface area contributed by atoms with Crippen molar-refractivity contribution in [3.63, 3.8) is 0 Å². The van der Waals surface area contributed by atoms with Crippen molar-refractivity contribution in [2.45, 2.75) is 5.16 Å². The Bertz CT molecular complexity index is 588. The van der Waals surface area contributed by atoms with Crippen LogP contribution in [-0.2, 0) is 4.79 Å². The van der Waals surface area contributed by atoms with Gasteiger partial charge in [-0.25, -0.2) is 4.98 Å². The van der Waals surface area contributed by atoms with Gasteiger partial charge in [0, 0.05) is 20.4 Å². The van der Waals surface area contributed by atoms with Crippen molar-refractivity contribution in [2.75, 3.05) is 5.75 Å². The maximum absolute atomic E-state index is 10.6. The van der Waals surface area contributed by atoms with Crippen LogP contribution in [0.1, 0.15) is 0 Å². The average Bonchev–Trinajstić information content (AvgIpc) is 2.77. The van der Waals surface area contributed by atoms with Crippen LogP contribution in [0.15, 0.2) is 40.2 Å². The fourth-order valence-electron chi connectivity index (χ4n) is 1.38. The monoisotopic (exact) mass is 438 g/mol. The molecular formula is C11H8BrIN2O2S. The van der Waals surface area contributed by atoms with Crippen LogP contribution >= 0.6 is 50.3 Å². The quantitative estimate of drug-likeness (QED) is 0.587. The zero-order valence-corrected chi connectivity index (χ0v) is 13.6. The molecule has 0 radical (unpaired) electrons. The number of carboxylic acid groups (broad SMARTS) is 1. The number of imidazole rings is 1. The molecule has 1 aromatic heterocycles. The zero-order valence-electron chi connectivity index (χ0n) is 9.01. The summed E-state index contributed by atoms with van der Waals surface area (Å²) in [5, 5.41) is 9.37. The third-order valence-electron chi connectivity index (χ3n) is 2.10. The van der Waals surface area contributed by atoms with E-state index in [1.807, 2.05) is 29.0 Å². The number of nitrogens with zero attached hydrogens (tertiary/aromatic N) is 2. The number of hydrogen-bond donors (Lipinski definition) is 1. The standard InChI is InChI=1S/C11H8BrIN2O2S/c12-8-2-1-7(13)5-9(8)15-4-3-14-11(15)18-6-10(16)17/h1-5H,6H2,(H,16,17). The van der Waals surface area contributed by atoms with Crippen LogP contribution in [0.3, 0.4) is 0 Å². The topological polar surface area (TPSA) is 55.1 Å². The number of carbonyl (C=O) groups is 1. The number of rotatable bonds is 4. The highest BCUT2D eigenvalue weighted by atomic mass is 127. The van der Waals surface area contributed by atoms with Crippen LogP contribution in [0.5, 0.6) is 0 Å². The number of carboxylic acids is 1. The van der Waals surface area contributed by atoms with Crippen molar-refractivity contribution >= 4 is 56.3 Å². The number of aromatic nitrogens is 2. The molecular weight excluding hydrogens is 431 g/mol. The minimum absolute atomic E-state index is 0.00143. The van der Waals surface area contributed by atoms with Crippen molar-refractivity contribution in [3.05, 3.63) is 38.6 Å². The second-order valence-electron chi connectivity index (χ2n) is 3.36. The van der Waals surface area contributed by atoms with Gasteiger partial charge in [-0.15, -0.1) is 0 Å². The lowest BCUT2D eigenvalue weighted by Crippen LogP contribution is -2.02. The van der Waals surface area contributed by atoms with E-state index in [1.54, 1.807) is 6.20 Å². The van der Waals surface area contributed by atoms with Gasteiger partial charge < -0.3 is 5.11 Å². The molecule has 0 spiro atoms. The Morgan fingerprint density at radius 3 is 3.06 bits per heavy atom. The Morgan fingerprint density at radius 1 is 1.56 bits per heavy atom. The summed E-state index contributed by atoms with van der Waals surface area (Å²) in [5.41, 5.74) is 0.951. The molecule has 0 fully saturated rings. The zero-order chi connectivity index (χ0) is 13.1. The van der Waals surface area contributed by atoms with Crippen LogP contribution in [0.2, 0.25) is 0 Å². The molecule has 0 aliphatic heterocycles. The molecule has 0 aliphatic rings. The molecule has 0 aliphatic carbocycles. The molecule has 0 atom stereocenters. The number of thioether (sulfide) groups is 1. The normalized spacial score (nSPS) is 10.6. The van der Waals surface area contributed by atoms with E-state index in [0.717, 1.165) is 13.7 Å². The molecule has 94 valence electrons. The highest BCUT2D eigenvalue weighted by Gasteiger charge is 2.10. The molecule has 0 bridgehead atoms. The molecule has 2 rings (SSSR count). The Hall–Kier alpha value is -0.540. The Kier molecular flexibility index (Phi) is 4.68. The van der Waals surface area contributed by atoms with Crippen LogP contribution in [0.25, 0.3) is 5.69 Å². The minimum atomic E-state index is -0.851. The first kappa shape index (κ1) is 13.9. The lowest BCUT2D eigenvalue weighted by molar-refractivity contribution is -0.133. The summed E-state index contributed by atoms with van der Waals surface area (Å²) in [6.45, 7) is 0. The maximum Gasteiger partial charge on any atom is 0.313 e. The van der Waals surface area contributed by atoms with Crippen molar-refractivity contribution in [1.82, 2.24) is 9.55 Å². The third-order valence-corrected chi connectivity index (χ3v) is 4.39. The van der Waals surface area contributed by atoms with Gasteiger partial charge in [0.25, 0.3) is 0 Å². The smallest absolute Gasteiger partial charge is 0.313 e. The summed E-state index contributed by atoms with van der Waals surface area (Å²) in [4.78, 5) is 14.8.